The van der Waals surface area contributed by atoms with Crippen LogP contribution in [0.2, 0.25) is 0 Å². The van der Waals surface area contributed by atoms with Crippen LogP contribution in [-0.4, -0.2) is 26.7 Å². The topological polar surface area (TPSA) is 47.6 Å². The Balaban J connectivity index is 2.97. The first-order valence-corrected chi connectivity index (χ1v) is 6.09. The average Bonchev–Trinajstić information content (AvgIpc) is 2.39. The third kappa shape index (κ3) is 3.47. The van der Waals surface area contributed by atoms with E-state index in [9.17, 15) is 4.79 Å². The summed E-state index contributed by atoms with van der Waals surface area (Å²) in [7, 11) is 3.04. The highest BCUT2D eigenvalue weighted by Gasteiger charge is 2.20. The fourth-order valence-corrected chi connectivity index (χ4v) is 1.82. The zero-order chi connectivity index (χ0) is 13.5. The van der Waals surface area contributed by atoms with Crippen LogP contribution in [0.5, 0.6) is 5.75 Å². The normalized spacial score (nSPS) is 12.0. The van der Waals surface area contributed by atoms with Gasteiger partial charge >= 0.3 is 5.97 Å². The molecule has 0 radical (unpaired) electrons. The predicted molar refractivity (Wildman–Crippen MR) is 70.8 cm³/mol. The lowest BCUT2D eigenvalue weighted by atomic mass is 10.0. The van der Waals surface area contributed by atoms with Crippen molar-refractivity contribution in [3.8, 4) is 5.75 Å². The van der Waals surface area contributed by atoms with E-state index in [4.69, 9.17) is 9.47 Å². The molecule has 0 fully saturated rings. The van der Waals surface area contributed by atoms with Crippen LogP contribution in [0.25, 0.3) is 0 Å². The maximum absolute atomic E-state index is 11.8. The highest BCUT2D eigenvalue weighted by atomic mass is 16.5. The van der Waals surface area contributed by atoms with Crippen LogP contribution in [0.15, 0.2) is 18.2 Å². The van der Waals surface area contributed by atoms with Gasteiger partial charge in [-0.1, -0.05) is 19.1 Å². The van der Waals surface area contributed by atoms with Gasteiger partial charge in [0.15, 0.2) is 0 Å². The lowest BCUT2D eigenvalue weighted by molar-refractivity contribution is -0.143. The number of hydrogen-bond donors (Lipinski definition) is 1. The predicted octanol–water partition coefficient (Wildman–Crippen LogP) is 2.22. The largest absolute Gasteiger partial charge is 0.496 e. The zero-order valence-corrected chi connectivity index (χ0v) is 11.4. The molecule has 0 saturated carbocycles. The summed E-state index contributed by atoms with van der Waals surface area (Å²) in [5.41, 5.74) is 1.90. The van der Waals surface area contributed by atoms with Crippen LogP contribution in [0.1, 0.15) is 30.5 Å². The number of aryl methyl sites for hydroxylation is 1. The molecule has 4 nitrogen and oxygen atoms in total. The van der Waals surface area contributed by atoms with Crippen molar-refractivity contribution in [2.45, 2.75) is 26.3 Å². The van der Waals surface area contributed by atoms with Crippen molar-refractivity contribution in [1.29, 1.82) is 0 Å². The molecule has 1 rings (SSSR count). The molecule has 1 aromatic rings. The van der Waals surface area contributed by atoms with Crippen LogP contribution in [0.3, 0.4) is 0 Å². The van der Waals surface area contributed by atoms with Gasteiger partial charge in [0.1, 0.15) is 11.8 Å². The first-order chi connectivity index (χ1) is 8.63. The molecule has 1 unspecified atom stereocenters. The molecule has 0 spiro atoms. The first-order valence-electron chi connectivity index (χ1n) is 6.09. The molecule has 0 heterocycles. The number of rotatable bonds is 6. The molecule has 1 N–H and O–H groups in total. The summed E-state index contributed by atoms with van der Waals surface area (Å²) in [6.07, 6.45) is 0.961. The number of hydrogen-bond acceptors (Lipinski definition) is 4. The van der Waals surface area contributed by atoms with Gasteiger partial charge in [0, 0.05) is 0 Å². The van der Waals surface area contributed by atoms with Gasteiger partial charge in [0.25, 0.3) is 0 Å². The monoisotopic (exact) mass is 251 g/mol. The second-order valence-electron chi connectivity index (χ2n) is 4.14. The molecule has 0 aliphatic rings. The molecule has 0 amide bonds. The summed E-state index contributed by atoms with van der Waals surface area (Å²) in [6.45, 7) is 4.78. The van der Waals surface area contributed by atoms with E-state index in [0.717, 1.165) is 29.8 Å². The molecule has 1 aromatic carbocycles. The summed E-state index contributed by atoms with van der Waals surface area (Å²) in [4.78, 5) is 11.8. The van der Waals surface area contributed by atoms with Crippen molar-refractivity contribution in [2.24, 2.45) is 0 Å². The Morgan fingerprint density at radius 3 is 2.61 bits per heavy atom. The third-order valence-corrected chi connectivity index (χ3v) is 2.79. The summed E-state index contributed by atoms with van der Waals surface area (Å²) < 4.78 is 10.0. The van der Waals surface area contributed by atoms with Crippen molar-refractivity contribution in [2.75, 3.05) is 20.8 Å². The zero-order valence-electron chi connectivity index (χ0n) is 11.4. The van der Waals surface area contributed by atoms with Gasteiger partial charge in [-0.2, -0.15) is 0 Å². The van der Waals surface area contributed by atoms with E-state index in [1.807, 2.05) is 25.1 Å². The fraction of sp³-hybridized carbons (Fsp3) is 0.500. The molecule has 0 saturated heterocycles. The van der Waals surface area contributed by atoms with E-state index < -0.39 is 6.04 Å². The van der Waals surface area contributed by atoms with Gasteiger partial charge in [-0.25, -0.2) is 4.79 Å². The van der Waals surface area contributed by atoms with E-state index >= 15 is 0 Å². The SMILES string of the molecule is CCCNC(C(=O)OC)c1ccc(OC)c(C)c1. The van der Waals surface area contributed by atoms with Gasteiger partial charge in [0.05, 0.1) is 14.2 Å². The van der Waals surface area contributed by atoms with E-state index in [1.165, 1.54) is 7.11 Å². The molecule has 1 atom stereocenters. The molecule has 0 bridgehead atoms. The summed E-state index contributed by atoms with van der Waals surface area (Å²) in [6, 6.07) is 5.28. The molecule has 0 aliphatic carbocycles. The lowest BCUT2D eigenvalue weighted by Gasteiger charge is -2.17. The van der Waals surface area contributed by atoms with Gasteiger partial charge in [-0.15, -0.1) is 0 Å². The highest BCUT2D eigenvalue weighted by molar-refractivity contribution is 5.77. The van der Waals surface area contributed by atoms with Gasteiger partial charge in [-0.05, 0) is 37.1 Å². The Morgan fingerprint density at radius 2 is 2.11 bits per heavy atom. The van der Waals surface area contributed by atoms with Crippen molar-refractivity contribution >= 4 is 5.97 Å². The number of benzene rings is 1. The van der Waals surface area contributed by atoms with Crippen LogP contribution in [0.4, 0.5) is 0 Å². The summed E-state index contributed by atoms with van der Waals surface area (Å²) >= 11 is 0. The lowest BCUT2D eigenvalue weighted by Crippen LogP contribution is -2.30. The van der Waals surface area contributed by atoms with Crippen LogP contribution >= 0.6 is 0 Å². The molecule has 4 heteroatoms. The number of ether oxygens (including phenoxy) is 2. The minimum absolute atomic E-state index is 0.270. The Labute approximate surface area is 108 Å². The summed E-state index contributed by atoms with van der Waals surface area (Å²) in [5, 5.41) is 3.19. The molecule has 100 valence electrons. The molecule has 0 aliphatic heterocycles. The van der Waals surface area contributed by atoms with Crippen molar-refractivity contribution in [1.82, 2.24) is 5.32 Å². The Bertz CT molecular complexity index is 404. The maximum Gasteiger partial charge on any atom is 0.327 e. The Hall–Kier alpha value is -1.55. The quantitative estimate of drug-likeness (QED) is 0.787. The van der Waals surface area contributed by atoms with Crippen molar-refractivity contribution in [3.63, 3.8) is 0 Å². The van der Waals surface area contributed by atoms with Gasteiger partial charge < -0.3 is 14.8 Å². The minimum Gasteiger partial charge on any atom is -0.496 e. The van der Waals surface area contributed by atoms with E-state index in [2.05, 4.69) is 12.2 Å². The number of carbonyl (C=O) groups excluding carboxylic acids is 1. The average molecular weight is 251 g/mol. The van der Waals surface area contributed by atoms with E-state index in [0.29, 0.717) is 0 Å². The highest BCUT2D eigenvalue weighted by Crippen LogP contribution is 2.23. The Morgan fingerprint density at radius 1 is 1.39 bits per heavy atom. The van der Waals surface area contributed by atoms with E-state index in [-0.39, 0.29) is 5.97 Å². The maximum atomic E-state index is 11.8. The fourth-order valence-electron chi connectivity index (χ4n) is 1.82. The van der Waals surface area contributed by atoms with Crippen LogP contribution in [-0.2, 0) is 9.53 Å². The Kier molecular flexibility index (Phi) is 5.65. The first kappa shape index (κ1) is 14.5. The summed E-state index contributed by atoms with van der Waals surface area (Å²) in [5.74, 6) is 0.547. The van der Waals surface area contributed by atoms with Crippen molar-refractivity contribution < 1.29 is 14.3 Å². The molecular formula is C14H21NO3. The molecule has 18 heavy (non-hydrogen) atoms. The number of carbonyl (C=O) groups is 1. The smallest absolute Gasteiger partial charge is 0.327 e. The second-order valence-corrected chi connectivity index (χ2v) is 4.14. The number of esters is 1. The standard InChI is InChI=1S/C14H21NO3/c1-5-8-15-13(14(16)18-4)11-6-7-12(17-3)10(2)9-11/h6-7,9,13,15H,5,8H2,1-4H3. The molecule has 0 aromatic heterocycles. The molecular weight excluding hydrogens is 230 g/mol. The third-order valence-electron chi connectivity index (χ3n) is 2.79. The number of methoxy groups -OCH3 is 2. The van der Waals surface area contributed by atoms with Gasteiger partial charge in [0.2, 0.25) is 0 Å². The van der Waals surface area contributed by atoms with Crippen LogP contribution in [0, 0.1) is 6.92 Å². The second kappa shape index (κ2) is 7.01. The minimum atomic E-state index is -0.417. The van der Waals surface area contributed by atoms with Crippen LogP contribution < -0.4 is 10.1 Å². The number of nitrogens with one attached hydrogen (secondary N) is 1. The van der Waals surface area contributed by atoms with Gasteiger partial charge in [-0.3, -0.25) is 0 Å². The van der Waals surface area contributed by atoms with E-state index in [1.54, 1.807) is 7.11 Å². The van der Waals surface area contributed by atoms with Crippen molar-refractivity contribution in [3.05, 3.63) is 29.3 Å².